The van der Waals surface area contributed by atoms with E-state index in [0.717, 1.165) is 31.9 Å². The van der Waals surface area contributed by atoms with Crippen molar-refractivity contribution in [2.45, 2.75) is 0 Å². The number of piperazine rings is 1. The molecular formula is C16H21FN4O3. The Morgan fingerprint density at radius 1 is 1.17 bits per heavy atom. The fourth-order valence-electron chi connectivity index (χ4n) is 3.00. The fourth-order valence-corrected chi connectivity index (χ4v) is 3.00. The van der Waals surface area contributed by atoms with Crippen LogP contribution in [0.4, 0.5) is 14.9 Å². The van der Waals surface area contributed by atoms with Crippen molar-refractivity contribution < 1.29 is 18.7 Å². The van der Waals surface area contributed by atoms with Gasteiger partial charge in [-0.3, -0.25) is 14.6 Å². The highest BCUT2D eigenvalue weighted by molar-refractivity contribution is 6.01. The summed E-state index contributed by atoms with van der Waals surface area (Å²) in [5, 5.41) is 2.52. The van der Waals surface area contributed by atoms with Gasteiger partial charge < -0.3 is 15.0 Å². The fraction of sp³-hybridized carbons (Fsp3) is 0.500. The van der Waals surface area contributed by atoms with E-state index in [0.29, 0.717) is 13.1 Å². The molecule has 2 aliphatic rings. The van der Waals surface area contributed by atoms with Gasteiger partial charge in [0, 0.05) is 51.0 Å². The number of nitrogens with zero attached hydrogens (tertiary/aromatic N) is 3. The van der Waals surface area contributed by atoms with E-state index in [9.17, 15) is 14.0 Å². The SMILES string of the molecule is COc1cc(N2CCN(CCN3C(=O)CNC3=O)CC2)ccc1F. The number of hydrogen-bond acceptors (Lipinski definition) is 5. The lowest BCUT2D eigenvalue weighted by Crippen LogP contribution is -2.49. The Morgan fingerprint density at radius 3 is 2.54 bits per heavy atom. The zero-order chi connectivity index (χ0) is 17.1. The maximum Gasteiger partial charge on any atom is 0.324 e. The standard InChI is InChI=1S/C16H21FN4O3/c1-24-14-10-12(2-3-13(14)17)20-7-4-19(5-8-20)6-9-21-15(22)11-18-16(21)23/h2-3,10H,4-9,11H2,1H3,(H,18,23). The van der Waals surface area contributed by atoms with Crippen LogP contribution in [0.5, 0.6) is 5.75 Å². The number of halogens is 1. The van der Waals surface area contributed by atoms with Gasteiger partial charge in [-0.05, 0) is 12.1 Å². The summed E-state index contributed by atoms with van der Waals surface area (Å²) >= 11 is 0. The molecule has 2 fully saturated rings. The zero-order valence-corrected chi connectivity index (χ0v) is 13.6. The molecule has 0 atom stereocenters. The van der Waals surface area contributed by atoms with Gasteiger partial charge in [-0.1, -0.05) is 0 Å². The van der Waals surface area contributed by atoms with Crippen LogP contribution >= 0.6 is 0 Å². The Balaban J connectivity index is 1.51. The number of rotatable bonds is 5. The lowest BCUT2D eigenvalue weighted by atomic mass is 10.2. The molecule has 2 heterocycles. The predicted octanol–water partition coefficient (Wildman–Crippen LogP) is 0.508. The molecule has 1 N–H and O–H groups in total. The lowest BCUT2D eigenvalue weighted by molar-refractivity contribution is -0.125. The second-order valence-electron chi connectivity index (χ2n) is 5.85. The molecule has 0 saturated carbocycles. The molecule has 0 radical (unpaired) electrons. The van der Waals surface area contributed by atoms with Gasteiger partial charge in [0.25, 0.3) is 0 Å². The molecule has 0 spiro atoms. The van der Waals surface area contributed by atoms with E-state index in [-0.39, 0.29) is 30.0 Å². The van der Waals surface area contributed by atoms with Crippen LogP contribution in [0.2, 0.25) is 0 Å². The van der Waals surface area contributed by atoms with Gasteiger partial charge in [0.1, 0.15) is 0 Å². The van der Waals surface area contributed by atoms with Crippen molar-refractivity contribution in [2.24, 2.45) is 0 Å². The molecule has 2 aliphatic heterocycles. The number of carbonyl (C=O) groups excluding carboxylic acids is 2. The molecule has 8 heteroatoms. The zero-order valence-electron chi connectivity index (χ0n) is 13.6. The molecule has 7 nitrogen and oxygen atoms in total. The smallest absolute Gasteiger partial charge is 0.324 e. The number of nitrogens with one attached hydrogen (secondary N) is 1. The topological polar surface area (TPSA) is 65.1 Å². The molecule has 2 saturated heterocycles. The minimum Gasteiger partial charge on any atom is -0.494 e. The van der Waals surface area contributed by atoms with Crippen molar-refractivity contribution >= 4 is 17.6 Å². The van der Waals surface area contributed by atoms with Gasteiger partial charge in [0.15, 0.2) is 11.6 Å². The molecule has 130 valence electrons. The van der Waals surface area contributed by atoms with E-state index in [2.05, 4.69) is 15.1 Å². The second kappa shape index (κ2) is 7.04. The number of carbonyl (C=O) groups is 2. The maximum absolute atomic E-state index is 13.5. The Bertz CT molecular complexity index is 616. The van der Waals surface area contributed by atoms with Crippen molar-refractivity contribution in [1.29, 1.82) is 0 Å². The molecule has 1 aromatic rings. The molecule has 0 bridgehead atoms. The number of methoxy groups -OCH3 is 1. The van der Waals surface area contributed by atoms with Gasteiger partial charge >= 0.3 is 6.03 Å². The van der Waals surface area contributed by atoms with Crippen molar-refractivity contribution in [2.75, 3.05) is 57.8 Å². The molecule has 0 unspecified atom stereocenters. The van der Waals surface area contributed by atoms with E-state index < -0.39 is 0 Å². The summed E-state index contributed by atoms with van der Waals surface area (Å²) in [6.45, 7) is 4.42. The largest absolute Gasteiger partial charge is 0.494 e. The quantitative estimate of drug-likeness (QED) is 0.794. The first-order valence-corrected chi connectivity index (χ1v) is 7.97. The summed E-state index contributed by atoms with van der Waals surface area (Å²) in [7, 11) is 1.45. The molecule has 0 aliphatic carbocycles. The van der Waals surface area contributed by atoms with Crippen LogP contribution in [0.1, 0.15) is 0 Å². The molecular weight excluding hydrogens is 315 g/mol. The molecule has 24 heavy (non-hydrogen) atoms. The monoisotopic (exact) mass is 336 g/mol. The average Bonchev–Trinajstić information content (AvgIpc) is 2.92. The number of imide groups is 1. The predicted molar refractivity (Wildman–Crippen MR) is 86.7 cm³/mol. The molecule has 0 aromatic heterocycles. The Labute approximate surface area is 140 Å². The highest BCUT2D eigenvalue weighted by Gasteiger charge is 2.29. The van der Waals surface area contributed by atoms with E-state index >= 15 is 0 Å². The van der Waals surface area contributed by atoms with Crippen LogP contribution in [0.15, 0.2) is 18.2 Å². The molecule has 3 amide bonds. The summed E-state index contributed by atoms with van der Waals surface area (Å²) in [5.74, 6) is -0.293. The highest BCUT2D eigenvalue weighted by atomic mass is 19.1. The van der Waals surface area contributed by atoms with E-state index in [4.69, 9.17) is 4.74 Å². The number of anilines is 1. The first kappa shape index (κ1) is 16.5. The normalized spacial score (nSPS) is 18.9. The number of urea groups is 1. The van der Waals surface area contributed by atoms with Gasteiger partial charge in [-0.25, -0.2) is 9.18 Å². The summed E-state index contributed by atoms with van der Waals surface area (Å²) in [6.07, 6.45) is 0. The highest BCUT2D eigenvalue weighted by Crippen LogP contribution is 2.25. The van der Waals surface area contributed by atoms with Gasteiger partial charge in [0.2, 0.25) is 5.91 Å². The Morgan fingerprint density at radius 2 is 1.92 bits per heavy atom. The van der Waals surface area contributed by atoms with Crippen LogP contribution < -0.4 is 15.0 Å². The summed E-state index contributed by atoms with van der Waals surface area (Å²) in [4.78, 5) is 28.7. The van der Waals surface area contributed by atoms with Crippen molar-refractivity contribution in [3.05, 3.63) is 24.0 Å². The summed E-state index contributed by atoms with van der Waals surface area (Å²) < 4.78 is 18.5. The van der Waals surface area contributed by atoms with Crippen molar-refractivity contribution in [3.63, 3.8) is 0 Å². The lowest BCUT2D eigenvalue weighted by Gasteiger charge is -2.36. The third-order valence-corrected chi connectivity index (χ3v) is 4.45. The van der Waals surface area contributed by atoms with Crippen molar-refractivity contribution in [3.8, 4) is 5.75 Å². The average molecular weight is 336 g/mol. The van der Waals surface area contributed by atoms with Gasteiger partial charge in [-0.2, -0.15) is 0 Å². The van der Waals surface area contributed by atoms with Crippen LogP contribution in [-0.2, 0) is 4.79 Å². The second-order valence-corrected chi connectivity index (χ2v) is 5.85. The van der Waals surface area contributed by atoms with Gasteiger partial charge in [0.05, 0.1) is 13.7 Å². The van der Waals surface area contributed by atoms with E-state index in [1.165, 1.54) is 18.1 Å². The minimum atomic E-state index is -0.367. The molecule has 1 aromatic carbocycles. The number of ether oxygens (including phenoxy) is 1. The number of benzene rings is 1. The minimum absolute atomic E-state index is 0.0962. The number of amides is 3. The van der Waals surface area contributed by atoms with Crippen LogP contribution in [0.25, 0.3) is 0 Å². The number of hydrogen-bond donors (Lipinski definition) is 1. The first-order chi connectivity index (χ1) is 11.6. The van der Waals surface area contributed by atoms with E-state index in [1.54, 1.807) is 12.1 Å². The molecule has 3 rings (SSSR count). The van der Waals surface area contributed by atoms with Crippen LogP contribution in [0.3, 0.4) is 0 Å². The first-order valence-electron chi connectivity index (χ1n) is 7.97. The Hall–Kier alpha value is -2.35. The van der Waals surface area contributed by atoms with Crippen LogP contribution in [0, 0.1) is 5.82 Å². The maximum atomic E-state index is 13.5. The van der Waals surface area contributed by atoms with Crippen LogP contribution in [-0.4, -0.2) is 74.7 Å². The summed E-state index contributed by atoms with van der Waals surface area (Å²) in [5.41, 5.74) is 0.932. The third kappa shape index (κ3) is 3.43. The Kier molecular flexibility index (Phi) is 4.84. The summed E-state index contributed by atoms with van der Waals surface area (Å²) in [6, 6.07) is 4.56. The third-order valence-electron chi connectivity index (χ3n) is 4.45. The van der Waals surface area contributed by atoms with Gasteiger partial charge in [-0.15, -0.1) is 0 Å². The van der Waals surface area contributed by atoms with E-state index in [1.807, 2.05) is 0 Å². The van der Waals surface area contributed by atoms with Crippen molar-refractivity contribution in [1.82, 2.24) is 15.1 Å².